The van der Waals surface area contributed by atoms with Crippen LogP contribution in [0.5, 0.6) is 0 Å². The molecule has 0 saturated heterocycles. The molecule has 0 saturated carbocycles. The lowest BCUT2D eigenvalue weighted by Gasteiger charge is -2.04. The van der Waals surface area contributed by atoms with Gasteiger partial charge in [0.15, 0.2) is 0 Å². The Morgan fingerprint density at radius 3 is 2.52 bits per heavy atom. The van der Waals surface area contributed by atoms with Gasteiger partial charge in [0.2, 0.25) is 0 Å². The first-order valence-electron chi connectivity index (χ1n) is 7.34. The minimum atomic E-state index is 0.709. The average Bonchev–Trinajstić information content (AvgIpc) is 2.99. The van der Waals surface area contributed by atoms with Crippen molar-refractivity contribution in [2.45, 2.75) is 13.8 Å². The topological polar surface area (TPSA) is 37.5 Å². The number of anilines is 1. The summed E-state index contributed by atoms with van der Waals surface area (Å²) in [4.78, 5) is 0. The van der Waals surface area contributed by atoms with E-state index in [9.17, 15) is 0 Å². The number of benzene rings is 2. The molecule has 0 amide bonds. The van der Waals surface area contributed by atoms with Crippen molar-refractivity contribution in [3.8, 4) is 11.3 Å². The minimum absolute atomic E-state index is 0.709. The van der Waals surface area contributed by atoms with E-state index in [0.29, 0.717) is 5.76 Å². The molecule has 116 valence electrons. The molecule has 0 aliphatic rings. The van der Waals surface area contributed by atoms with Gasteiger partial charge in [0.05, 0.1) is 11.9 Å². The summed E-state index contributed by atoms with van der Waals surface area (Å²) >= 11 is 3.43. The van der Waals surface area contributed by atoms with E-state index in [4.69, 9.17) is 4.42 Å². The van der Waals surface area contributed by atoms with E-state index in [2.05, 4.69) is 52.4 Å². The summed E-state index contributed by atoms with van der Waals surface area (Å²) in [6.07, 6.45) is 1.68. The molecular weight excluding hydrogens is 352 g/mol. The summed E-state index contributed by atoms with van der Waals surface area (Å²) in [5.41, 5.74) is 7.48. The van der Waals surface area contributed by atoms with Gasteiger partial charge in [0.1, 0.15) is 11.5 Å². The van der Waals surface area contributed by atoms with Gasteiger partial charge in [0.25, 0.3) is 0 Å². The molecule has 0 bridgehead atoms. The van der Waals surface area contributed by atoms with E-state index in [0.717, 1.165) is 27.0 Å². The quantitative estimate of drug-likeness (QED) is 0.468. The van der Waals surface area contributed by atoms with Crippen LogP contribution < -0.4 is 5.43 Å². The smallest absolute Gasteiger partial charge is 0.147 e. The predicted octanol–water partition coefficient (Wildman–Crippen LogP) is 5.77. The molecule has 0 radical (unpaired) electrons. The molecule has 0 unspecified atom stereocenters. The molecule has 3 rings (SSSR count). The normalized spacial score (nSPS) is 11.1. The van der Waals surface area contributed by atoms with Crippen LogP contribution in [-0.2, 0) is 0 Å². The Bertz CT molecular complexity index is 835. The summed E-state index contributed by atoms with van der Waals surface area (Å²) in [7, 11) is 0. The largest absolute Gasteiger partial charge is 0.455 e. The maximum atomic E-state index is 5.79. The molecule has 23 heavy (non-hydrogen) atoms. The highest BCUT2D eigenvalue weighted by atomic mass is 79.9. The first-order valence-corrected chi connectivity index (χ1v) is 8.13. The van der Waals surface area contributed by atoms with E-state index in [1.807, 2.05) is 42.5 Å². The molecule has 0 aliphatic heterocycles. The van der Waals surface area contributed by atoms with Gasteiger partial charge >= 0.3 is 0 Å². The lowest BCUT2D eigenvalue weighted by atomic mass is 10.1. The molecule has 0 aliphatic carbocycles. The molecule has 0 atom stereocenters. The van der Waals surface area contributed by atoms with E-state index >= 15 is 0 Å². The number of nitrogens with one attached hydrogen (secondary N) is 1. The second-order valence-corrected chi connectivity index (χ2v) is 6.31. The SMILES string of the molecule is Cc1ccc(N/N=C\c2ccc(-c3ccc(Br)cc3)o2)c(C)c1. The molecule has 0 fully saturated rings. The monoisotopic (exact) mass is 368 g/mol. The molecule has 3 aromatic rings. The number of halogens is 1. The summed E-state index contributed by atoms with van der Waals surface area (Å²) in [6.45, 7) is 4.13. The van der Waals surface area contributed by atoms with Crippen molar-refractivity contribution in [2.24, 2.45) is 5.10 Å². The molecule has 1 N–H and O–H groups in total. The highest BCUT2D eigenvalue weighted by Crippen LogP contribution is 2.23. The highest BCUT2D eigenvalue weighted by Gasteiger charge is 2.03. The standard InChI is InChI=1S/C19H17BrN2O/c1-13-3-9-18(14(2)11-13)22-21-12-17-8-10-19(23-17)15-4-6-16(20)7-5-15/h3-12,22H,1-2H3/b21-12-. The maximum Gasteiger partial charge on any atom is 0.147 e. The van der Waals surface area contributed by atoms with Crippen LogP contribution in [0.1, 0.15) is 16.9 Å². The molecular formula is C19H17BrN2O. The predicted molar refractivity (Wildman–Crippen MR) is 99.0 cm³/mol. The third-order valence-electron chi connectivity index (χ3n) is 3.51. The lowest BCUT2D eigenvalue weighted by molar-refractivity contribution is 0.575. The van der Waals surface area contributed by atoms with Crippen LogP contribution in [-0.4, -0.2) is 6.21 Å². The lowest BCUT2D eigenvalue weighted by Crippen LogP contribution is -1.93. The highest BCUT2D eigenvalue weighted by molar-refractivity contribution is 9.10. The third-order valence-corrected chi connectivity index (χ3v) is 4.04. The number of hydrazone groups is 1. The van der Waals surface area contributed by atoms with Crippen LogP contribution in [0, 0.1) is 13.8 Å². The van der Waals surface area contributed by atoms with Gasteiger partial charge in [0, 0.05) is 10.0 Å². The number of aryl methyl sites for hydroxylation is 2. The fourth-order valence-electron chi connectivity index (χ4n) is 2.30. The Hall–Kier alpha value is -2.33. The van der Waals surface area contributed by atoms with Gasteiger partial charge in [-0.15, -0.1) is 0 Å². The first-order chi connectivity index (χ1) is 11.1. The van der Waals surface area contributed by atoms with Crippen LogP contribution >= 0.6 is 15.9 Å². The average molecular weight is 369 g/mol. The van der Waals surface area contributed by atoms with Crippen LogP contribution in [0.3, 0.4) is 0 Å². The Balaban J connectivity index is 1.70. The van der Waals surface area contributed by atoms with Gasteiger partial charge in [-0.2, -0.15) is 5.10 Å². The molecule has 1 aromatic heterocycles. The van der Waals surface area contributed by atoms with Gasteiger partial charge in [-0.05, 0) is 49.7 Å². The summed E-state index contributed by atoms with van der Waals surface area (Å²) in [5, 5.41) is 4.25. The fraction of sp³-hybridized carbons (Fsp3) is 0.105. The second kappa shape index (κ2) is 6.84. The Labute approximate surface area is 144 Å². The second-order valence-electron chi connectivity index (χ2n) is 5.40. The molecule has 1 heterocycles. The maximum absolute atomic E-state index is 5.79. The zero-order valence-electron chi connectivity index (χ0n) is 13.0. The van der Waals surface area contributed by atoms with E-state index in [-0.39, 0.29) is 0 Å². The summed E-state index contributed by atoms with van der Waals surface area (Å²) < 4.78 is 6.84. The van der Waals surface area contributed by atoms with Crippen LogP contribution in [0.2, 0.25) is 0 Å². The van der Waals surface area contributed by atoms with Crippen molar-refractivity contribution in [3.05, 3.63) is 76.0 Å². The molecule has 2 aromatic carbocycles. The van der Waals surface area contributed by atoms with Crippen molar-refractivity contribution >= 4 is 27.8 Å². The van der Waals surface area contributed by atoms with Crippen LogP contribution in [0.4, 0.5) is 5.69 Å². The molecule has 4 heteroatoms. The number of furan rings is 1. The van der Waals surface area contributed by atoms with Gasteiger partial charge in [-0.3, -0.25) is 5.43 Å². The Morgan fingerprint density at radius 1 is 1.00 bits per heavy atom. The number of hydrogen-bond donors (Lipinski definition) is 1. The fourth-order valence-corrected chi connectivity index (χ4v) is 2.56. The van der Waals surface area contributed by atoms with Gasteiger partial charge < -0.3 is 4.42 Å². The van der Waals surface area contributed by atoms with Crippen molar-refractivity contribution in [3.63, 3.8) is 0 Å². The van der Waals surface area contributed by atoms with Gasteiger partial charge in [-0.1, -0.05) is 45.8 Å². The van der Waals surface area contributed by atoms with Crippen molar-refractivity contribution < 1.29 is 4.42 Å². The molecule has 0 spiro atoms. The first kappa shape index (κ1) is 15.6. The Kier molecular flexibility index (Phi) is 4.63. The Morgan fingerprint density at radius 2 is 1.78 bits per heavy atom. The zero-order chi connectivity index (χ0) is 16.2. The van der Waals surface area contributed by atoms with Gasteiger partial charge in [-0.25, -0.2) is 0 Å². The van der Waals surface area contributed by atoms with Crippen molar-refractivity contribution in [1.82, 2.24) is 0 Å². The minimum Gasteiger partial charge on any atom is -0.455 e. The number of nitrogens with zero attached hydrogens (tertiary/aromatic N) is 1. The number of rotatable bonds is 4. The third kappa shape index (κ3) is 3.90. The van der Waals surface area contributed by atoms with E-state index in [1.165, 1.54) is 5.56 Å². The van der Waals surface area contributed by atoms with Crippen molar-refractivity contribution in [1.29, 1.82) is 0 Å². The van der Waals surface area contributed by atoms with E-state index in [1.54, 1.807) is 6.21 Å². The van der Waals surface area contributed by atoms with E-state index < -0.39 is 0 Å². The zero-order valence-corrected chi connectivity index (χ0v) is 14.6. The summed E-state index contributed by atoms with van der Waals surface area (Å²) in [5.74, 6) is 1.53. The van der Waals surface area contributed by atoms with Crippen molar-refractivity contribution in [2.75, 3.05) is 5.43 Å². The van der Waals surface area contributed by atoms with Crippen LogP contribution in [0.15, 0.2) is 68.6 Å². The summed E-state index contributed by atoms with van der Waals surface area (Å²) in [6, 6.07) is 18.1. The molecule has 3 nitrogen and oxygen atoms in total. The van der Waals surface area contributed by atoms with Crippen LogP contribution in [0.25, 0.3) is 11.3 Å². The number of hydrogen-bond acceptors (Lipinski definition) is 3.